The molecule has 1 unspecified atom stereocenters. The maximum absolute atomic E-state index is 11.7. The van der Waals surface area contributed by atoms with E-state index < -0.39 is 38.1 Å². The van der Waals surface area contributed by atoms with Gasteiger partial charge >= 0.3 is 5.97 Å². The normalized spacial score (nSPS) is 29.6. The zero-order valence-electron chi connectivity index (χ0n) is 14.4. The molecule has 74 valence electrons. The van der Waals surface area contributed by atoms with Crippen molar-refractivity contribution < 1.29 is 19.1 Å². The van der Waals surface area contributed by atoms with Crippen LogP contribution in [0.1, 0.15) is 57.6 Å². The quantitative estimate of drug-likeness (QED) is 0.696. The number of fused-ring (bicyclic) bond motifs is 1. The van der Waals surface area contributed by atoms with E-state index in [0.29, 0.717) is 11.1 Å². The fraction of sp³-hybridized carbons (Fsp3) is 0.417. The van der Waals surface area contributed by atoms with Crippen molar-refractivity contribution in [2.75, 3.05) is 0 Å². The molecule has 0 fully saturated rings. The van der Waals surface area contributed by atoms with Gasteiger partial charge in [-0.1, -0.05) is 31.4 Å². The molecular weight excluding hydrogens is 176 g/mol. The number of carbonyl (C=O) groups excluding carboxylic acids is 1. The van der Waals surface area contributed by atoms with Gasteiger partial charge in [0.15, 0.2) is 0 Å². The van der Waals surface area contributed by atoms with E-state index >= 15 is 0 Å². The highest BCUT2D eigenvalue weighted by atomic mass is 16.5. The molecule has 14 heavy (non-hydrogen) atoms. The molecule has 1 heterocycles. The minimum absolute atomic E-state index is 0.299. The Morgan fingerprint density at radius 1 is 1.57 bits per heavy atom. The highest BCUT2D eigenvalue weighted by molar-refractivity contribution is 5.93. The smallest absolute Gasteiger partial charge is 0.339 e. The Hall–Kier alpha value is -1.31. The lowest BCUT2D eigenvalue weighted by Crippen LogP contribution is -1.98. The van der Waals surface area contributed by atoms with E-state index in [1.165, 1.54) is 6.07 Å². The molecule has 0 saturated carbocycles. The summed E-state index contributed by atoms with van der Waals surface area (Å²) >= 11 is 0. The standard InChI is InChI=1S/C12H14O2/c1-2-3-8-11-9-6-4-5-7-10(9)12(13)14-11/h4-7,11H,2-3,8H2,1H3/i1D3,2D2,3D2. The van der Waals surface area contributed by atoms with Gasteiger partial charge in [-0.3, -0.25) is 0 Å². The van der Waals surface area contributed by atoms with Gasteiger partial charge in [0.25, 0.3) is 0 Å². The zero-order chi connectivity index (χ0) is 16.1. The molecule has 0 bridgehead atoms. The molecule has 0 aliphatic carbocycles. The fourth-order valence-corrected chi connectivity index (χ4v) is 1.52. The number of cyclic esters (lactones) is 1. The van der Waals surface area contributed by atoms with Crippen LogP contribution in [0, 0.1) is 0 Å². The molecule has 1 aliphatic heterocycles. The number of hydrogen-bond donors (Lipinski definition) is 0. The van der Waals surface area contributed by atoms with Crippen molar-refractivity contribution in [3.05, 3.63) is 35.4 Å². The summed E-state index contributed by atoms with van der Waals surface area (Å²) in [6.07, 6.45) is -7.27. The summed E-state index contributed by atoms with van der Waals surface area (Å²) in [6.45, 7) is -3.11. The minimum Gasteiger partial charge on any atom is -0.454 e. The van der Waals surface area contributed by atoms with Crippen molar-refractivity contribution in [3.63, 3.8) is 0 Å². The van der Waals surface area contributed by atoms with E-state index in [1.54, 1.807) is 18.2 Å². The first-order valence-corrected chi connectivity index (χ1v) is 4.27. The van der Waals surface area contributed by atoms with E-state index in [4.69, 9.17) is 14.3 Å². The Kier molecular flexibility index (Phi) is 1.11. The Labute approximate surface area is 93.7 Å². The summed E-state index contributed by atoms with van der Waals surface area (Å²) < 4.78 is 57.3. The van der Waals surface area contributed by atoms with E-state index in [2.05, 4.69) is 0 Å². The lowest BCUT2D eigenvalue weighted by Gasteiger charge is -2.08. The van der Waals surface area contributed by atoms with Crippen LogP contribution in [-0.4, -0.2) is 5.97 Å². The van der Waals surface area contributed by atoms with E-state index in [-0.39, 0.29) is 0 Å². The molecule has 0 aromatic heterocycles. The third-order valence-corrected chi connectivity index (χ3v) is 2.15. The number of rotatable bonds is 3. The second-order valence-electron chi connectivity index (χ2n) is 2.99. The summed E-state index contributed by atoms with van der Waals surface area (Å²) in [5.41, 5.74) is 0.750. The van der Waals surface area contributed by atoms with Gasteiger partial charge in [-0.25, -0.2) is 4.79 Å². The summed E-state index contributed by atoms with van der Waals surface area (Å²) in [7, 11) is 0. The van der Waals surface area contributed by atoms with Gasteiger partial charge in [0.2, 0.25) is 0 Å². The second-order valence-corrected chi connectivity index (χ2v) is 2.99. The second kappa shape index (κ2) is 3.82. The number of benzene rings is 1. The minimum atomic E-state index is -3.11. The molecule has 1 aromatic rings. The SMILES string of the molecule is [2H]C([2H])([2H])C([2H])([2H])C([2H])([2H])CC1OC(=O)c2ccccc21. The van der Waals surface area contributed by atoms with Crippen LogP contribution < -0.4 is 0 Å². The fourth-order valence-electron chi connectivity index (χ4n) is 1.52. The van der Waals surface area contributed by atoms with Gasteiger partial charge in [0.05, 0.1) is 5.56 Å². The van der Waals surface area contributed by atoms with Crippen LogP contribution in [0.25, 0.3) is 0 Å². The average Bonchev–Trinajstić information content (AvgIpc) is 2.65. The summed E-state index contributed by atoms with van der Waals surface area (Å²) in [5, 5.41) is 0. The van der Waals surface area contributed by atoms with Crippen molar-refractivity contribution in [1.29, 1.82) is 0 Å². The highest BCUT2D eigenvalue weighted by Crippen LogP contribution is 2.33. The topological polar surface area (TPSA) is 26.3 Å². The molecule has 0 radical (unpaired) electrons. The molecule has 1 aromatic carbocycles. The van der Waals surface area contributed by atoms with Gasteiger partial charge in [0, 0.05) is 15.2 Å². The third kappa shape index (κ3) is 1.52. The first-order chi connectivity index (χ1) is 9.47. The van der Waals surface area contributed by atoms with Crippen LogP contribution in [0.4, 0.5) is 0 Å². The predicted molar refractivity (Wildman–Crippen MR) is 54.1 cm³/mol. The Balaban J connectivity index is 2.29. The maximum Gasteiger partial charge on any atom is 0.339 e. The molecule has 0 spiro atoms. The highest BCUT2D eigenvalue weighted by Gasteiger charge is 2.29. The first kappa shape index (κ1) is 4.05. The van der Waals surface area contributed by atoms with E-state index in [0.717, 1.165) is 0 Å². The molecular formula is C12H14O2. The Morgan fingerprint density at radius 3 is 3.29 bits per heavy atom. The summed E-state index contributed by atoms with van der Waals surface area (Å²) in [5.74, 6) is -0.610. The number of ether oxygens (including phenoxy) is 1. The molecule has 1 aliphatic rings. The Morgan fingerprint density at radius 2 is 2.43 bits per heavy atom. The van der Waals surface area contributed by atoms with Crippen LogP contribution in [0.2, 0.25) is 0 Å². The van der Waals surface area contributed by atoms with Crippen LogP contribution in [0.5, 0.6) is 0 Å². The Bertz CT molecular complexity index is 565. The number of esters is 1. The van der Waals surface area contributed by atoms with E-state index in [1.807, 2.05) is 0 Å². The van der Waals surface area contributed by atoms with E-state index in [9.17, 15) is 4.79 Å². The lowest BCUT2D eigenvalue weighted by atomic mass is 10.0. The van der Waals surface area contributed by atoms with Crippen molar-refractivity contribution in [3.8, 4) is 0 Å². The van der Waals surface area contributed by atoms with Crippen LogP contribution >= 0.6 is 0 Å². The van der Waals surface area contributed by atoms with Crippen LogP contribution in [0.15, 0.2) is 24.3 Å². The van der Waals surface area contributed by atoms with Crippen molar-refractivity contribution in [2.45, 2.75) is 32.1 Å². The molecule has 0 N–H and O–H groups in total. The molecule has 2 rings (SSSR count). The molecule has 0 amide bonds. The first-order valence-electron chi connectivity index (χ1n) is 7.77. The van der Waals surface area contributed by atoms with Crippen molar-refractivity contribution >= 4 is 5.97 Å². The summed E-state index contributed by atoms with van der Waals surface area (Å²) in [6, 6.07) is 6.41. The predicted octanol–water partition coefficient (Wildman–Crippen LogP) is 3.09. The molecule has 0 saturated heterocycles. The number of hydrogen-bond acceptors (Lipinski definition) is 2. The van der Waals surface area contributed by atoms with Crippen molar-refractivity contribution in [1.82, 2.24) is 0 Å². The van der Waals surface area contributed by atoms with Gasteiger partial charge in [-0.2, -0.15) is 0 Å². The van der Waals surface area contributed by atoms with Gasteiger partial charge < -0.3 is 4.74 Å². The monoisotopic (exact) mass is 197 g/mol. The van der Waals surface area contributed by atoms with Crippen molar-refractivity contribution in [2.24, 2.45) is 0 Å². The largest absolute Gasteiger partial charge is 0.454 e. The number of carbonyl (C=O) groups is 1. The van der Waals surface area contributed by atoms with Crippen LogP contribution in [0.3, 0.4) is 0 Å². The summed E-state index contributed by atoms with van der Waals surface area (Å²) in [4.78, 5) is 11.7. The van der Waals surface area contributed by atoms with Crippen LogP contribution in [-0.2, 0) is 4.74 Å². The van der Waals surface area contributed by atoms with Gasteiger partial charge in [-0.15, -0.1) is 0 Å². The lowest BCUT2D eigenvalue weighted by molar-refractivity contribution is 0.0364. The average molecular weight is 197 g/mol. The molecule has 2 heteroatoms. The zero-order valence-corrected chi connectivity index (χ0v) is 7.41. The molecule has 1 atom stereocenters. The maximum atomic E-state index is 11.7. The molecule has 2 nitrogen and oxygen atoms in total. The third-order valence-electron chi connectivity index (χ3n) is 2.15. The van der Waals surface area contributed by atoms with Gasteiger partial charge in [0.1, 0.15) is 6.10 Å². The van der Waals surface area contributed by atoms with Gasteiger partial charge in [-0.05, 0) is 18.9 Å².